The molecule has 1 heterocycles. The zero-order valence-corrected chi connectivity index (χ0v) is 8.60. The minimum atomic E-state index is -0.299. The number of aryl methyl sites for hydroxylation is 1. The molecule has 0 aliphatic heterocycles. The van der Waals surface area contributed by atoms with Gasteiger partial charge in [-0.3, -0.25) is 4.57 Å². The fourth-order valence-corrected chi connectivity index (χ4v) is 1.59. The molecule has 4 nitrogen and oxygen atoms in total. The Kier molecular flexibility index (Phi) is 2.87. The largest absolute Gasteiger partial charge is 0.419 e. The topological polar surface area (TPSA) is 44.4 Å². The first-order chi connectivity index (χ1) is 7.33. The molecular weight excluding hydrogens is 194 g/mol. The van der Waals surface area contributed by atoms with E-state index >= 15 is 0 Å². The molecule has 0 aliphatic carbocycles. The average Bonchev–Trinajstić information content (AvgIpc) is 2.56. The maximum absolute atomic E-state index is 11.5. The summed E-state index contributed by atoms with van der Waals surface area (Å²) < 4.78 is 11.7. The molecule has 0 N–H and O–H groups in total. The van der Waals surface area contributed by atoms with Crippen LogP contribution in [0.15, 0.2) is 33.5 Å². The molecule has 0 fully saturated rings. The van der Waals surface area contributed by atoms with E-state index in [2.05, 4.69) is 0 Å². The number of ether oxygens (including phenoxy) is 1. The maximum Gasteiger partial charge on any atom is 0.419 e. The van der Waals surface area contributed by atoms with E-state index in [0.717, 1.165) is 11.9 Å². The lowest BCUT2D eigenvalue weighted by molar-refractivity contribution is 0.190. The van der Waals surface area contributed by atoms with Crippen LogP contribution in [0.2, 0.25) is 0 Å². The molecule has 4 heteroatoms. The Morgan fingerprint density at radius 2 is 2.20 bits per heavy atom. The molecule has 80 valence electrons. The van der Waals surface area contributed by atoms with Gasteiger partial charge >= 0.3 is 5.76 Å². The van der Waals surface area contributed by atoms with Crippen LogP contribution in [0.4, 0.5) is 0 Å². The number of methoxy groups -OCH3 is 1. The fourth-order valence-electron chi connectivity index (χ4n) is 1.59. The summed E-state index contributed by atoms with van der Waals surface area (Å²) in [7, 11) is 1.65. The quantitative estimate of drug-likeness (QED) is 0.716. The van der Waals surface area contributed by atoms with E-state index in [4.69, 9.17) is 9.15 Å². The first-order valence-corrected chi connectivity index (χ1v) is 4.90. The van der Waals surface area contributed by atoms with E-state index in [9.17, 15) is 4.79 Å². The molecule has 1 aromatic carbocycles. The Morgan fingerprint density at radius 3 is 3.00 bits per heavy atom. The molecule has 0 saturated heterocycles. The van der Waals surface area contributed by atoms with Crippen molar-refractivity contribution < 1.29 is 9.15 Å². The van der Waals surface area contributed by atoms with Crippen molar-refractivity contribution in [1.82, 2.24) is 4.57 Å². The van der Waals surface area contributed by atoms with Crippen molar-refractivity contribution >= 4 is 11.1 Å². The molecule has 2 rings (SSSR count). The zero-order valence-electron chi connectivity index (χ0n) is 8.60. The summed E-state index contributed by atoms with van der Waals surface area (Å²) in [6, 6.07) is 7.42. The van der Waals surface area contributed by atoms with E-state index in [1.807, 2.05) is 18.2 Å². The van der Waals surface area contributed by atoms with Gasteiger partial charge in [0.25, 0.3) is 0 Å². The molecular formula is C11H13NO3. The molecule has 1 aromatic heterocycles. The first-order valence-electron chi connectivity index (χ1n) is 4.90. The second kappa shape index (κ2) is 4.31. The summed E-state index contributed by atoms with van der Waals surface area (Å²) in [4.78, 5) is 11.5. The van der Waals surface area contributed by atoms with Gasteiger partial charge in [0.2, 0.25) is 0 Å². The van der Waals surface area contributed by atoms with Gasteiger partial charge in [0.1, 0.15) is 0 Å². The third-order valence-corrected chi connectivity index (χ3v) is 2.30. The summed E-state index contributed by atoms with van der Waals surface area (Å²) in [5.74, 6) is -0.299. The second-order valence-electron chi connectivity index (χ2n) is 3.33. The number of hydrogen-bond donors (Lipinski definition) is 0. The van der Waals surface area contributed by atoms with Crippen LogP contribution in [0, 0.1) is 0 Å². The van der Waals surface area contributed by atoms with Gasteiger partial charge in [-0.05, 0) is 18.6 Å². The summed E-state index contributed by atoms with van der Waals surface area (Å²) in [5.41, 5.74) is 1.48. The molecule has 0 radical (unpaired) electrons. The molecule has 0 atom stereocenters. The highest BCUT2D eigenvalue weighted by Gasteiger charge is 2.06. The van der Waals surface area contributed by atoms with Crippen molar-refractivity contribution in [3.8, 4) is 0 Å². The third-order valence-electron chi connectivity index (χ3n) is 2.30. The van der Waals surface area contributed by atoms with Crippen molar-refractivity contribution in [2.75, 3.05) is 13.7 Å². The van der Waals surface area contributed by atoms with Crippen molar-refractivity contribution in [2.45, 2.75) is 13.0 Å². The summed E-state index contributed by atoms with van der Waals surface area (Å²) in [5, 5.41) is 0. The van der Waals surface area contributed by atoms with Gasteiger partial charge < -0.3 is 9.15 Å². The minimum Gasteiger partial charge on any atom is -0.408 e. The third kappa shape index (κ3) is 1.94. The van der Waals surface area contributed by atoms with Crippen molar-refractivity contribution in [3.63, 3.8) is 0 Å². The normalized spacial score (nSPS) is 11.0. The highest BCUT2D eigenvalue weighted by atomic mass is 16.5. The highest BCUT2D eigenvalue weighted by Crippen LogP contribution is 2.11. The smallest absolute Gasteiger partial charge is 0.408 e. The lowest BCUT2D eigenvalue weighted by atomic mass is 10.3. The second-order valence-corrected chi connectivity index (χ2v) is 3.33. The highest BCUT2D eigenvalue weighted by molar-refractivity contribution is 5.72. The van der Waals surface area contributed by atoms with Gasteiger partial charge in [-0.1, -0.05) is 12.1 Å². The van der Waals surface area contributed by atoms with Crippen LogP contribution in [-0.2, 0) is 11.3 Å². The average molecular weight is 207 g/mol. The van der Waals surface area contributed by atoms with Crippen LogP contribution in [0.25, 0.3) is 11.1 Å². The van der Waals surface area contributed by atoms with Gasteiger partial charge in [0.15, 0.2) is 5.58 Å². The number of hydrogen-bond acceptors (Lipinski definition) is 3. The van der Waals surface area contributed by atoms with Crippen LogP contribution >= 0.6 is 0 Å². The Hall–Kier alpha value is -1.55. The SMILES string of the molecule is COCCCn1c(=O)oc2ccccc21. The van der Waals surface area contributed by atoms with Crippen LogP contribution < -0.4 is 5.76 Å². The first kappa shape index (κ1) is 9.98. The summed E-state index contributed by atoms with van der Waals surface area (Å²) in [6.45, 7) is 1.27. The molecule has 15 heavy (non-hydrogen) atoms. The molecule has 0 unspecified atom stereocenters. The van der Waals surface area contributed by atoms with Crippen LogP contribution in [0.1, 0.15) is 6.42 Å². The predicted octanol–water partition coefficient (Wildman–Crippen LogP) is 1.63. The zero-order chi connectivity index (χ0) is 10.7. The lowest BCUT2D eigenvalue weighted by Gasteiger charge is -2.00. The number of nitrogens with zero attached hydrogens (tertiary/aromatic N) is 1. The standard InChI is InChI=1S/C11H13NO3/c1-14-8-4-7-12-9-5-2-3-6-10(9)15-11(12)13/h2-3,5-6H,4,7-8H2,1H3. The predicted molar refractivity (Wildman–Crippen MR) is 57.0 cm³/mol. The number of benzene rings is 1. The van der Waals surface area contributed by atoms with Crippen molar-refractivity contribution in [3.05, 3.63) is 34.8 Å². The van der Waals surface area contributed by atoms with Gasteiger partial charge in [-0.15, -0.1) is 0 Å². The van der Waals surface area contributed by atoms with Crippen LogP contribution in [0.5, 0.6) is 0 Å². The van der Waals surface area contributed by atoms with E-state index in [1.165, 1.54) is 0 Å². The number of fused-ring (bicyclic) bond motifs is 1. The van der Waals surface area contributed by atoms with Crippen LogP contribution in [-0.4, -0.2) is 18.3 Å². The van der Waals surface area contributed by atoms with Gasteiger partial charge in [0.05, 0.1) is 5.52 Å². The Bertz CT molecular complexity index is 498. The van der Waals surface area contributed by atoms with Gasteiger partial charge in [0, 0.05) is 20.3 Å². The van der Waals surface area contributed by atoms with E-state index in [0.29, 0.717) is 18.7 Å². The van der Waals surface area contributed by atoms with Gasteiger partial charge in [-0.25, -0.2) is 4.79 Å². The Morgan fingerprint density at radius 1 is 1.40 bits per heavy atom. The lowest BCUT2D eigenvalue weighted by Crippen LogP contribution is -2.15. The Balaban J connectivity index is 2.33. The molecule has 0 bridgehead atoms. The van der Waals surface area contributed by atoms with Crippen molar-refractivity contribution in [2.24, 2.45) is 0 Å². The number of aromatic nitrogens is 1. The number of rotatable bonds is 4. The maximum atomic E-state index is 11.5. The summed E-state index contributed by atoms with van der Waals surface area (Å²) >= 11 is 0. The number of oxazole rings is 1. The monoisotopic (exact) mass is 207 g/mol. The van der Waals surface area contributed by atoms with Gasteiger partial charge in [-0.2, -0.15) is 0 Å². The molecule has 2 aromatic rings. The van der Waals surface area contributed by atoms with E-state index in [-0.39, 0.29) is 5.76 Å². The van der Waals surface area contributed by atoms with Crippen LogP contribution in [0.3, 0.4) is 0 Å². The van der Waals surface area contributed by atoms with Crippen molar-refractivity contribution in [1.29, 1.82) is 0 Å². The summed E-state index contributed by atoms with van der Waals surface area (Å²) in [6.07, 6.45) is 0.805. The molecule has 0 spiro atoms. The fraction of sp³-hybridized carbons (Fsp3) is 0.364. The Labute approximate surface area is 87.1 Å². The van der Waals surface area contributed by atoms with E-state index < -0.39 is 0 Å². The molecule has 0 saturated carbocycles. The minimum absolute atomic E-state index is 0.299. The molecule has 0 aliphatic rings. The van der Waals surface area contributed by atoms with E-state index in [1.54, 1.807) is 17.7 Å². The molecule has 0 amide bonds. The number of para-hydroxylation sites is 2.